The maximum absolute atomic E-state index is 13.3. The highest BCUT2D eigenvalue weighted by Crippen LogP contribution is 2.28. The van der Waals surface area contributed by atoms with Crippen LogP contribution in [-0.4, -0.2) is 50.0 Å². The van der Waals surface area contributed by atoms with Crippen molar-refractivity contribution in [2.24, 2.45) is 0 Å². The zero-order chi connectivity index (χ0) is 27.0. The van der Waals surface area contributed by atoms with Gasteiger partial charge in [-0.2, -0.15) is 0 Å². The summed E-state index contributed by atoms with van der Waals surface area (Å²) in [5, 5.41) is 3.98. The number of carbonyl (C=O) groups excluding carboxylic acids is 2. The third kappa shape index (κ3) is 8.39. The van der Waals surface area contributed by atoms with E-state index in [2.05, 4.69) is 5.32 Å². The van der Waals surface area contributed by atoms with Crippen molar-refractivity contribution in [3.8, 4) is 0 Å². The van der Waals surface area contributed by atoms with E-state index in [1.807, 2.05) is 26.0 Å². The van der Waals surface area contributed by atoms with Crippen molar-refractivity contribution in [2.45, 2.75) is 65.6 Å². The van der Waals surface area contributed by atoms with Crippen molar-refractivity contribution >= 4 is 50.7 Å². The lowest BCUT2D eigenvalue weighted by Crippen LogP contribution is -2.49. The highest BCUT2D eigenvalue weighted by atomic mass is 35.5. The number of sulfonamides is 1. The van der Waals surface area contributed by atoms with Crippen LogP contribution in [0.1, 0.15) is 51.2 Å². The molecule has 0 aliphatic carbocycles. The molecule has 0 saturated heterocycles. The third-order valence-corrected chi connectivity index (χ3v) is 7.94. The third-order valence-electron chi connectivity index (χ3n) is 6.09. The lowest BCUT2D eigenvalue weighted by atomic mass is 10.1. The summed E-state index contributed by atoms with van der Waals surface area (Å²) < 4.78 is 26.3. The Morgan fingerprint density at radius 1 is 1.06 bits per heavy atom. The highest BCUT2D eigenvalue weighted by Gasteiger charge is 2.27. The average molecular weight is 557 g/mol. The van der Waals surface area contributed by atoms with Crippen LogP contribution in [0.5, 0.6) is 0 Å². The Morgan fingerprint density at radius 2 is 1.69 bits per heavy atom. The summed E-state index contributed by atoms with van der Waals surface area (Å²) in [5.74, 6) is -0.480. The Morgan fingerprint density at radius 3 is 2.28 bits per heavy atom. The van der Waals surface area contributed by atoms with Gasteiger partial charge in [-0.05, 0) is 69.0 Å². The molecule has 0 heterocycles. The van der Waals surface area contributed by atoms with Gasteiger partial charge in [0.2, 0.25) is 21.8 Å². The molecule has 0 aliphatic heterocycles. The number of benzene rings is 2. The SMILES string of the molecule is CC[C@H](C)NC(=O)[C@@H](C)N(Cc1ccc(Cl)cc1)C(=O)CCCN(c1cccc(Cl)c1C)S(C)(=O)=O. The summed E-state index contributed by atoms with van der Waals surface area (Å²) in [6, 6.07) is 11.5. The number of anilines is 1. The van der Waals surface area contributed by atoms with Crippen LogP contribution >= 0.6 is 23.2 Å². The first-order valence-corrected chi connectivity index (χ1v) is 14.5. The zero-order valence-electron chi connectivity index (χ0n) is 21.4. The van der Waals surface area contributed by atoms with Crippen molar-refractivity contribution in [1.29, 1.82) is 0 Å². The molecular weight excluding hydrogens is 521 g/mol. The largest absolute Gasteiger partial charge is 0.352 e. The van der Waals surface area contributed by atoms with Gasteiger partial charge in [-0.15, -0.1) is 0 Å². The van der Waals surface area contributed by atoms with Gasteiger partial charge >= 0.3 is 0 Å². The molecule has 10 heteroatoms. The van der Waals surface area contributed by atoms with E-state index in [0.29, 0.717) is 21.3 Å². The molecule has 2 aromatic rings. The predicted octanol–water partition coefficient (Wildman–Crippen LogP) is 5.18. The first-order chi connectivity index (χ1) is 16.8. The molecular formula is C26H35Cl2N3O4S. The number of carbonyl (C=O) groups is 2. The molecule has 0 saturated carbocycles. The first kappa shape index (κ1) is 29.9. The van der Waals surface area contributed by atoms with Crippen LogP contribution in [0.3, 0.4) is 0 Å². The van der Waals surface area contributed by atoms with Crippen molar-refractivity contribution in [3.05, 3.63) is 63.6 Å². The molecule has 2 atom stereocenters. The molecule has 36 heavy (non-hydrogen) atoms. The monoisotopic (exact) mass is 555 g/mol. The first-order valence-electron chi connectivity index (χ1n) is 11.9. The van der Waals surface area contributed by atoms with Crippen molar-refractivity contribution < 1.29 is 18.0 Å². The highest BCUT2D eigenvalue weighted by molar-refractivity contribution is 7.92. The summed E-state index contributed by atoms with van der Waals surface area (Å²) >= 11 is 12.2. The van der Waals surface area contributed by atoms with Gasteiger partial charge < -0.3 is 10.2 Å². The molecule has 2 amide bonds. The molecule has 0 radical (unpaired) electrons. The van der Waals surface area contributed by atoms with Crippen molar-refractivity contribution in [3.63, 3.8) is 0 Å². The summed E-state index contributed by atoms with van der Waals surface area (Å²) in [4.78, 5) is 27.7. The fraction of sp³-hybridized carbons (Fsp3) is 0.462. The second-order valence-electron chi connectivity index (χ2n) is 8.96. The van der Waals surface area contributed by atoms with E-state index in [4.69, 9.17) is 23.2 Å². The Bertz CT molecular complexity index is 1160. The minimum atomic E-state index is -3.60. The average Bonchev–Trinajstić information content (AvgIpc) is 2.82. The van der Waals surface area contributed by atoms with E-state index in [-0.39, 0.29) is 43.8 Å². The minimum absolute atomic E-state index is 0.0170. The Labute approximate surface area is 224 Å². The van der Waals surface area contributed by atoms with Gasteiger partial charge in [0.15, 0.2) is 0 Å². The Balaban J connectivity index is 2.20. The van der Waals surface area contributed by atoms with E-state index in [0.717, 1.165) is 18.2 Å². The van der Waals surface area contributed by atoms with Crippen LogP contribution in [-0.2, 0) is 26.2 Å². The van der Waals surface area contributed by atoms with E-state index in [9.17, 15) is 18.0 Å². The standard InChI is InChI=1S/C26H35Cl2N3O4S/c1-6-18(2)29-26(33)20(4)30(17-21-12-14-22(27)15-13-21)25(32)11-8-16-31(36(5,34)35)24-10-7-9-23(28)19(24)3/h7,9-10,12-15,18,20H,6,8,11,16-17H2,1-5H3,(H,29,33)/t18-,20+/m0/s1. The molecule has 0 aliphatic rings. The minimum Gasteiger partial charge on any atom is -0.352 e. The zero-order valence-corrected chi connectivity index (χ0v) is 23.8. The topological polar surface area (TPSA) is 86.8 Å². The normalized spacial score (nSPS) is 13.1. The number of amides is 2. The van der Waals surface area contributed by atoms with Crippen LogP contribution in [0.15, 0.2) is 42.5 Å². The summed E-state index contributed by atoms with van der Waals surface area (Å²) in [5.41, 5.74) is 1.97. The maximum atomic E-state index is 13.3. The molecule has 0 bridgehead atoms. The molecule has 0 fully saturated rings. The summed E-state index contributed by atoms with van der Waals surface area (Å²) in [6.07, 6.45) is 2.24. The molecule has 0 unspecified atom stereocenters. The van der Waals surface area contributed by atoms with Crippen LogP contribution in [0.2, 0.25) is 10.0 Å². The fourth-order valence-electron chi connectivity index (χ4n) is 3.68. The number of nitrogens with zero attached hydrogens (tertiary/aromatic N) is 2. The van der Waals surface area contributed by atoms with Gasteiger partial charge in [0.05, 0.1) is 11.9 Å². The molecule has 2 rings (SSSR count). The van der Waals surface area contributed by atoms with E-state index >= 15 is 0 Å². The van der Waals surface area contributed by atoms with Gasteiger partial charge in [0, 0.05) is 35.6 Å². The van der Waals surface area contributed by atoms with Gasteiger partial charge in [0.1, 0.15) is 6.04 Å². The quantitative estimate of drug-likeness (QED) is 0.391. The summed E-state index contributed by atoms with van der Waals surface area (Å²) in [7, 11) is -3.60. The molecule has 2 aromatic carbocycles. The second-order valence-corrected chi connectivity index (χ2v) is 11.7. The number of halogens is 2. The maximum Gasteiger partial charge on any atom is 0.242 e. The van der Waals surface area contributed by atoms with Crippen LogP contribution < -0.4 is 9.62 Å². The molecule has 198 valence electrons. The second kappa shape index (κ2) is 13.3. The van der Waals surface area contributed by atoms with Gasteiger partial charge in [0.25, 0.3) is 0 Å². The molecule has 0 aromatic heterocycles. The summed E-state index contributed by atoms with van der Waals surface area (Å²) in [6.45, 7) is 7.67. The van der Waals surface area contributed by atoms with E-state index in [1.54, 1.807) is 44.2 Å². The molecule has 7 nitrogen and oxygen atoms in total. The molecule has 1 N–H and O–H groups in total. The molecule has 0 spiro atoms. The van der Waals surface area contributed by atoms with Gasteiger partial charge in [-0.1, -0.05) is 48.3 Å². The van der Waals surface area contributed by atoms with Crippen LogP contribution in [0, 0.1) is 6.92 Å². The lowest BCUT2D eigenvalue weighted by molar-refractivity contribution is -0.140. The van der Waals surface area contributed by atoms with Crippen molar-refractivity contribution in [1.82, 2.24) is 10.2 Å². The Hall–Kier alpha value is -2.29. The van der Waals surface area contributed by atoms with Crippen LogP contribution in [0.4, 0.5) is 5.69 Å². The number of rotatable bonds is 12. The predicted molar refractivity (Wildman–Crippen MR) is 147 cm³/mol. The van der Waals surface area contributed by atoms with Crippen LogP contribution in [0.25, 0.3) is 0 Å². The Kier molecular flexibility index (Phi) is 11.1. The van der Waals surface area contributed by atoms with E-state index < -0.39 is 16.1 Å². The lowest BCUT2D eigenvalue weighted by Gasteiger charge is -2.30. The van der Waals surface area contributed by atoms with Gasteiger partial charge in [-0.3, -0.25) is 13.9 Å². The number of hydrogen-bond donors (Lipinski definition) is 1. The smallest absolute Gasteiger partial charge is 0.242 e. The number of hydrogen-bond acceptors (Lipinski definition) is 4. The van der Waals surface area contributed by atoms with E-state index in [1.165, 1.54) is 9.21 Å². The van der Waals surface area contributed by atoms with Gasteiger partial charge in [-0.25, -0.2) is 8.42 Å². The van der Waals surface area contributed by atoms with Crippen molar-refractivity contribution in [2.75, 3.05) is 17.1 Å². The number of nitrogens with one attached hydrogen (secondary N) is 1. The fourth-order valence-corrected chi connectivity index (χ4v) is 4.99.